The number of nitrogens with zero attached hydrogens (tertiary/aromatic N) is 1. The lowest BCUT2D eigenvalue weighted by Crippen LogP contribution is -2.21. The molecule has 0 aliphatic rings. The van der Waals surface area contributed by atoms with Crippen LogP contribution in [0.25, 0.3) is 0 Å². The van der Waals surface area contributed by atoms with Gasteiger partial charge in [-0.25, -0.2) is 0 Å². The van der Waals surface area contributed by atoms with Crippen LogP contribution < -0.4 is 10.1 Å². The van der Waals surface area contributed by atoms with Crippen molar-refractivity contribution >= 4 is 0 Å². The molecule has 0 aromatic heterocycles. The number of rotatable bonds is 7. The fraction of sp³-hybridized carbons (Fsp3) is 0.316. The Kier molecular flexibility index (Phi) is 6.16. The molecule has 1 atom stereocenters. The van der Waals surface area contributed by atoms with Crippen molar-refractivity contribution in [3.8, 4) is 11.8 Å². The number of hydrogen-bond donors (Lipinski definition) is 2. The summed E-state index contributed by atoms with van der Waals surface area (Å²) >= 11 is 0. The van der Waals surface area contributed by atoms with E-state index in [-0.39, 0.29) is 6.10 Å². The van der Waals surface area contributed by atoms with Gasteiger partial charge < -0.3 is 15.2 Å². The lowest BCUT2D eigenvalue weighted by Gasteiger charge is -2.15. The third-order valence-corrected chi connectivity index (χ3v) is 3.34. The van der Waals surface area contributed by atoms with E-state index in [1.54, 1.807) is 6.07 Å². The van der Waals surface area contributed by atoms with Gasteiger partial charge in [0, 0.05) is 13.1 Å². The van der Waals surface area contributed by atoms with Crippen LogP contribution in [0.15, 0.2) is 48.5 Å². The second-order valence-electron chi connectivity index (χ2n) is 5.70. The van der Waals surface area contributed by atoms with Crippen LogP contribution in [0.3, 0.4) is 0 Å². The topological polar surface area (TPSA) is 65.3 Å². The number of nitrogens with one attached hydrogen (secondary N) is 1. The Morgan fingerprint density at radius 2 is 1.96 bits per heavy atom. The summed E-state index contributed by atoms with van der Waals surface area (Å²) in [6, 6.07) is 17.1. The first-order valence-corrected chi connectivity index (χ1v) is 7.73. The molecule has 2 rings (SSSR count). The number of ether oxygens (including phenoxy) is 1. The minimum absolute atomic E-state index is 0.105. The van der Waals surface area contributed by atoms with Gasteiger partial charge in [-0.05, 0) is 49.2 Å². The standard InChI is InChI=1S/C19H22N2O2/c1-14(2)23-18-8-4-7-17(10-18)19(22)13-21-12-16-6-3-5-15(9-16)11-20/h3-10,14,19,21-22H,12-13H2,1-2H3. The predicted octanol–water partition coefficient (Wildman–Crippen LogP) is 3.17. The van der Waals surface area contributed by atoms with E-state index in [1.165, 1.54) is 0 Å². The van der Waals surface area contributed by atoms with Crippen molar-refractivity contribution < 1.29 is 9.84 Å². The first kappa shape index (κ1) is 17.0. The van der Waals surface area contributed by atoms with Crippen LogP contribution in [-0.2, 0) is 6.54 Å². The zero-order valence-electron chi connectivity index (χ0n) is 13.5. The van der Waals surface area contributed by atoms with Gasteiger partial charge in [-0.15, -0.1) is 0 Å². The third kappa shape index (κ3) is 5.41. The lowest BCUT2D eigenvalue weighted by molar-refractivity contribution is 0.173. The van der Waals surface area contributed by atoms with Gasteiger partial charge in [0.2, 0.25) is 0 Å². The molecule has 0 spiro atoms. The summed E-state index contributed by atoms with van der Waals surface area (Å²) in [4.78, 5) is 0. The summed E-state index contributed by atoms with van der Waals surface area (Å²) in [6.45, 7) is 4.98. The summed E-state index contributed by atoms with van der Waals surface area (Å²) in [5.41, 5.74) is 2.48. The highest BCUT2D eigenvalue weighted by Crippen LogP contribution is 2.20. The largest absolute Gasteiger partial charge is 0.491 e. The summed E-state index contributed by atoms with van der Waals surface area (Å²) < 4.78 is 5.64. The Morgan fingerprint density at radius 3 is 2.70 bits per heavy atom. The normalized spacial score (nSPS) is 12.0. The minimum atomic E-state index is -0.607. The van der Waals surface area contributed by atoms with E-state index in [1.807, 2.05) is 56.3 Å². The van der Waals surface area contributed by atoms with Crippen LogP contribution in [-0.4, -0.2) is 17.8 Å². The number of aliphatic hydroxyl groups is 1. The number of hydrogen-bond acceptors (Lipinski definition) is 4. The van der Waals surface area contributed by atoms with Crippen molar-refractivity contribution in [3.05, 3.63) is 65.2 Å². The quantitative estimate of drug-likeness (QED) is 0.824. The molecule has 0 fully saturated rings. The number of aliphatic hydroxyl groups excluding tert-OH is 1. The summed E-state index contributed by atoms with van der Waals surface area (Å²) in [5.74, 6) is 0.762. The van der Waals surface area contributed by atoms with Crippen LogP contribution in [0.4, 0.5) is 0 Å². The molecule has 2 N–H and O–H groups in total. The van der Waals surface area contributed by atoms with Gasteiger partial charge in [0.25, 0.3) is 0 Å². The molecule has 1 unspecified atom stereocenters. The van der Waals surface area contributed by atoms with E-state index >= 15 is 0 Å². The maximum atomic E-state index is 10.3. The summed E-state index contributed by atoms with van der Waals surface area (Å²) in [5, 5.41) is 22.4. The van der Waals surface area contributed by atoms with Crippen LogP contribution in [0.5, 0.6) is 5.75 Å². The summed E-state index contributed by atoms with van der Waals surface area (Å²) in [7, 11) is 0. The van der Waals surface area contributed by atoms with E-state index < -0.39 is 6.10 Å². The van der Waals surface area contributed by atoms with E-state index in [9.17, 15) is 5.11 Å². The molecule has 0 saturated heterocycles. The first-order chi connectivity index (χ1) is 11.1. The van der Waals surface area contributed by atoms with Gasteiger partial charge in [-0.2, -0.15) is 5.26 Å². The van der Waals surface area contributed by atoms with E-state index in [0.717, 1.165) is 16.9 Å². The number of nitriles is 1. The number of benzene rings is 2. The molecule has 2 aromatic carbocycles. The van der Waals surface area contributed by atoms with Crippen molar-refractivity contribution in [3.63, 3.8) is 0 Å². The molecular weight excluding hydrogens is 288 g/mol. The maximum absolute atomic E-state index is 10.3. The van der Waals surface area contributed by atoms with Crippen molar-refractivity contribution in [1.29, 1.82) is 5.26 Å². The maximum Gasteiger partial charge on any atom is 0.120 e. The molecule has 0 saturated carbocycles. The smallest absolute Gasteiger partial charge is 0.120 e. The Hall–Kier alpha value is -2.35. The van der Waals surface area contributed by atoms with Gasteiger partial charge in [0.15, 0.2) is 0 Å². The second kappa shape index (κ2) is 8.33. The van der Waals surface area contributed by atoms with Crippen molar-refractivity contribution in [2.45, 2.75) is 32.6 Å². The van der Waals surface area contributed by atoms with Crippen LogP contribution >= 0.6 is 0 Å². The summed E-state index contributed by atoms with van der Waals surface area (Å²) in [6.07, 6.45) is -0.502. The molecule has 4 nitrogen and oxygen atoms in total. The lowest BCUT2D eigenvalue weighted by atomic mass is 10.1. The molecular formula is C19H22N2O2. The highest BCUT2D eigenvalue weighted by atomic mass is 16.5. The Balaban J connectivity index is 1.89. The van der Waals surface area contributed by atoms with Gasteiger partial charge in [-0.1, -0.05) is 24.3 Å². The average molecular weight is 310 g/mol. The first-order valence-electron chi connectivity index (χ1n) is 7.73. The van der Waals surface area contributed by atoms with Crippen LogP contribution in [0.2, 0.25) is 0 Å². The molecule has 0 heterocycles. The van der Waals surface area contributed by atoms with E-state index in [2.05, 4.69) is 11.4 Å². The molecule has 4 heteroatoms. The zero-order valence-corrected chi connectivity index (χ0v) is 13.5. The second-order valence-corrected chi connectivity index (χ2v) is 5.70. The van der Waals surface area contributed by atoms with E-state index in [0.29, 0.717) is 18.7 Å². The Labute approximate surface area is 137 Å². The Bertz CT molecular complexity index is 677. The Morgan fingerprint density at radius 1 is 1.17 bits per heavy atom. The molecule has 120 valence electrons. The SMILES string of the molecule is CC(C)Oc1cccc(C(O)CNCc2cccc(C#N)c2)c1. The molecule has 0 amide bonds. The molecule has 0 aliphatic carbocycles. The van der Waals surface area contributed by atoms with Crippen molar-refractivity contribution in [1.82, 2.24) is 5.32 Å². The van der Waals surface area contributed by atoms with E-state index in [4.69, 9.17) is 10.00 Å². The molecule has 23 heavy (non-hydrogen) atoms. The molecule has 0 bridgehead atoms. The van der Waals surface area contributed by atoms with Gasteiger partial charge in [0.1, 0.15) is 5.75 Å². The fourth-order valence-corrected chi connectivity index (χ4v) is 2.29. The van der Waals surface area contributed by atoms with Crippen LogP contribution in [0, 0.1) is 11.3 Å². The third-order valence-electron chi connectivity index (χ3n) is 3.34. The van der Waals surface area contributed by atoms with Crippen molar-refractivity contribution in [2.75, 3.05) is 6.54 Å². The molecule has 0 radical (unpaired) electrons. The van der Waals surface area contributed by atoms with Crippen LogP contribution in [0.1, 0.15) is 36.6 Å². The predicted molar refractivity (Wildman–Crippen MR) is 90.0 cm³/mol. The van der Waals surface area contributed by atoms with Crippen molar-refractivity contribution in [2.24, 2.45) is 0 Å². The van der Waals surface area contributed by atoms with Gasteiger partial charge in [-0.3, -0.25) is 0 Å². The highest BCUT2D eigenvalue weighted by Gasteiger charge is 2.09. The van der Waals surface area contributed by atoms with Gasteiger partial charge in [0.05, 0.1) is 23.8 Å². The minimum Gasteiger partial charge on any atom is -0.491 e. The zero-order chi connectivity index (χ0) is 16.7. The fourth-order valence-electron chi connectivity index (χ4n) is 2.29. The monoisotopic (exact) mass is 310 g/mol. The average Bonchev–Trinajstić information content (AvgIpc) is 2.54. The molecule has 0 aliphatic heterocycles. The molecule has 2 aromatic rings. The van der Waals surface area contributed by atoms with Gasteiger partial charge >= 0.3 is 0 Å². The highest BCUT2D eigenvalue weighted by molar-refractivity contribution is 5.33.